The second kappa shape index (κ2) is 9.52. The van der Waals surface area contributed by atoms with Gasteiger partial charge in [-0.05, 0) is 55.8 Å². The Morgan fingerprint density at radius 2 is 1.76 bits per heavy atom. The minimum absolute atomic E-state index is 0.0609. The van der Waals surface area contributed by atoms with Crippen molar-refractivity contribution in [2.45, 2.75) is 19.9 Å². The SMILES string of the molecule is CCOc1ccc(/C(O)=C2\C(=O)C(=O)N(c3nnc(C)s3)[C@H]2c2ccc(OC)c(OC)c2)cc1. The van der Waals surface area contributed by atoms with Crippen LogP contribution < -0.4 is 19.1 Å². The summed E-state index contributed by atoms with van der Waals surface area (Å²) in [6.45, 7) is 4.12. The Balaban J connectivity index is 1.91. The van der Waals surface area contributed by atoms with Gasteiger partial charge in [0.25, 0.3) is 5.78 Å². The smallest absolute Gasteiger partial charge is 0.301 e. The molecule has 1 aromatic heterocycles. The van der Waals surface area contributed by atoms with Gasteiger partial charge in [0.2, 0.25) is 5.13 Å². The van der Waals surface area contributed by atoms with Crippen molar-refractivity contribution in [3.8, 4) is 17.2 Å². The topological polar surface area (TPSA) is 111 Å². The molecule has 0 spiro atoms. The molecule has 1 saturated heterocycles. The molecule has 2 aromatic carbocycles. The largest absolute Gasteiger partial charge is 0.507 e. The average Bonchev–Trinajstić information content (AvgIpc) is 3.39. The maximum absolute atomic E-state index is 13.2. The molecule has 0 saturated carbocycles. The predicted octanol–water partition coefficient (Wildman–Crippen LogP) is 3.89. The number of hydrogen-bond acceptors (Lipinski definition) is 9. The minimum atomic E-state index is -0.946. The summed E-state index contributed by atoms with van der Waals surface area (Å²) in [5.74, 6) is -0.394. The van der Waals surface area contributed by atoms with E-state index in [-0.39, 0.29) is 16.5 Å². The van der Waals surface area contributed by atoms with E-state index >= 15 is 0 Å². The maximum atomic E-state index is 13.2. The zero-order valence-corrected chi connectivity index (χ0v) is 19.9. The third kappa shape index (κ3) is 4.08. The Morgan fingerprint density at radius 1 is 1.06 bits per heavy atom. The number of amides is 1. The Kier molecular flexibility index (Phi) is 6.51. The van der Waals surface area contributed by atoms with Gasteiger partial charge in [0.1, 0.15) is 16.5 Å². The van der Waals surface area contributed by atoms with E-state index in [1.54, 1.807) is 49.4 Å². The molecule has 1 fully saturated rings. The summed E-state index contributed by atoms with van der Waals surface area (Å²) in [4.78, 5) is 27.6. The lowest BCUT2D eigenvalue weighted by Gasteiger charge is -2.23. The number of carbonyl (C=O) groups is 2. The zero-order chi connectivity index (χ0) is 24.4. The number of nitrogens with zero attached hydrogens (tertiary/aromatic N) is 3. The van der Waals surface area contributed by atoms with Crippen LogP contribution in [0.2, 0.25) is 0 Å². The van der Waals surface area contributed by atoms with Crippen molar-refractivity contribution >= 4 is 33.9 Å². The molecule has 2 heterocycles. The van der Waals surface area contributed by atoms with Gasteiger partial charge in [0, 0.05) is 5.56 Å². The van der Waals surface area contributed by atoms with Crippen LogP contribution in [0.4, 0.5) is 5.13 Å². The standard InChI is InChI=1S/C24H23N3O6S/c1-5-33-16-9-6-14(7-10-16)21(28)19-20(15-8-11-17(31-3)18(12-15)32-4)27(23(30)22(19)29)24-26-25-13(2)34-24/h6-12,20,28H,5H2,1-4H3/b21-19+/t20-/m0/s1. The summed E-state index contributed by atoms with van der Waals surface area (Å²) in [6.07, 6.45) is 0. The Labute approximate surface area is 200 Å². The highest BCUT2D eigenvalue weighted by Gasteiger charge is 2.48. The number of ether oxygens (including phenoxy) is 3. The van der Waals surface area contributed by atoms with Crippen molar-refractivity contribution in [2.75, 3.05) is 25.7 Å². The number of aromatic nitrogens is 2. The van der Waals surface area contributed by atoms with Crippen LogP contribution in [-0.2, 0) is 9.59 Å². The lowest BCUT2D eigenvalue weighted by molar-refractivity contribution is -0.132. The van der Waals surface area contributed by atoms with Crippen molar-refractivity contribution in [1.29, 1.82) is 0 Å². The quantitative estimate of drug-likeness (QED) is 0.307. The summed E-state index contributed by atoms with van der Waals surface area (Å²) in [7, 11) is 3.01. The molecule has 0 aliphatic carbocycles. The number of anilines is 1. The number of aryl methyl sites for hydroxylation is 1. The van der Waals surface area contributed by atoms with Crippen molar-refractivity contribution < 1.29 is 28.9 Å². The van der Waals surface area contributed by atoms with E-state index in [0.717, 1.165) is 0 Å². The molecule has 1 atom stereocenters. The molecule has 176 valence electrons. The van der Waals surface area contributed by atoms with Gasteiger partial charge in [-0.2, -0.15) is 0 Å². The summed E-state index contributed by atoms with van der Waals surface area (Å²) in [5.41, 5.74) is 0.854. The summed E-state index contributed by atoms with van der Waals surface area (Å²) in [5, 5.41) is 20.2. The molecule has 3 aromatic rings. The van der Waals surface area contributed by atoms with Crippen LogP contribution in [0.5, 0.6) is 17.2 Å². The predicted molar refractivity (Wildman–Crippen MR) is 127 cm³/mol. The van der Waals surface area contributed by atoms with Gasteiger partial charge in [0.05, 0.1) is 32.4 Å². The number of Topliss-reactive ketones (excluding diaryl/α,β-unsaturated/α-hetero) is 1. The van der Waals surface area contributed by atoms with E-state index in [1.165, 1.54) is 30.5 Å². The lowest BCUT2D eigenvalue weighted by Crippen LogP contribution is -2.29. The van der Waals surface area contributed by atoms with Gasteiger partial charge >= 0.3 is 5.91 Å². The van der Waals surface area contributed by atoms with E-state index < -0.39 is 17.7 Å². The maximum Gasteiger partial charge on any atom is 0.301 e. The molecule has 1 aliphatic rings. The summed E-state index contributed by atoms with van der Waals surface area (Å²) >= 11 is 1.18. The van der Waals surface area contributed by atoms with Crippen LogP contribution in [0.3, 0.4) is 0 Å². The number of benzene rings is 2. The van der Waals surface area contributed by atoms with Crippen molar-refractivity contribution in [3.63, 3.8) is 0 Å². The Hall–Kier alpha value is -3.92. The third-order valence-electron chi connectivity index (χ3n) is 5.33. The van der Waals surface area contributed by atoms with Crippen LogP contribution in [0.15, 0.2) is 48.0 Å². The van der Waals surface area contributed by atoms with Crippen molar-refractivity contribution in [1.82, 2.24) is 10.2 Å². The number of aliphatic hydroxyl groups excluding tert-OH is 1. The van der Waals surface area contributed by atoms with Gasteiger partial charge in [0.15, 0.2) is 11.5 Å². The first-order chi connectivity index (χ1) is 16.4. The molecule has 1 aliphatic heterocycles. The molecule has 0 unspecified atom stereocenters. The van der Waals surface area contributed by atoms with Gasteiger partial charge in [-0.25, -0.2) is 0 Å². The number of methoxy groups -OCH3 is 2. The molecule has 34 heavy (non-hydrogen) atoms. The number of aliphatic hydroxyl groups is 1. The van der Waals surface area contributed by atoms with Crippen LogP contribution in [-0.4, -0.2) is 47.8 Å². The van der Waals surface area contributed by atoms with E-state index in [4.69, 9.17) is 14.2 Å². The van der Waals surface area contributed by atoms with E-state index in [9.17, 15) is 14.7 Å². The van der Waals surface area contributed by atoms with Gasteiger partial charge < -0.3 is 19.3 Å². The lowest BCUT2D eigenvalue weighted by atomic mass is 9.95. The van der Waals surface area contributed by atoms with Crippen LogP contribution in [0, 0.1) is 6.92 Å². The third-order valence-corrected chi connectivity index (χ3v) is 6.17. The fourth-order valence-corrected chi connectivity index (χ4v) is 4.50. The van der Waals surface area contributed by atoms with Gasteiger partial charge in [-0.15, -0.1) is 10.2 Å². The van der Waals surface area contributed by atoms with Gasteiger partial charge in [-0.1, -0.05) is 17.4 Å². The molecule has 10 heteroatoms. The summed E-state index contributed by atoms with van der Waals surface area (Å²) in [6, 6.07) is 10.8. The highest BCUT2D eigenvalue weighted by atomic mass is 32.1. The molecule has 4 rings (SSSR count). The Bertz CT molecular complexity index is 1270. The summed E-state index contributed by atoms with van der Waals surface area (Å²) < 4.78 is 16.2. The number of ketones is 1. The second-order valence-corrected chi connectivity index (χ2v) is 8.50. The average molecular weight is 482 g/mol. The van der Waals surface area contributed by atoms with Crippen LogP contribution in [0.1, 0.15) is 29.1 Å². The first kappa shape index (κ1) is 23.2. The highest BCUT2D eigenvalue weighted by Crippen LogP contribution is 2.44. The highest BCUT2D eigenvalue weighted by molar-refractivity contribution is 7.15. The minimum Gasteiger partial charge on any atom is -0.507 e. The monoisotopic (exact) mass is 481 g/mol. The molecule has 0 radical (unpaired) electrons. The van der Waals surface area contributed by atoms with Crippen LogP contribution in [0.25, 0.3) is 5.76 Å². The fourth-order valence-electron chi connectivity index (χ4n) is 3.78. The molecular weight excluding hydrogens is 458 g/mol. The molecule has 1 N–H and O–H groups in total. The van der Waals surface area contributed by atoms with E-state index in [0.29, 0.717) is 40.0 Å². The zero-order valence-electron chi connectivity index (χ0n) is 19.1. The van der Waals surface area contributed by atoms with Crippen molar-refractivity contribution in [2.24, 2.45) is 0 Å². The first-order valence-corrected chi connectivity index (χ1v) is 11.3. The van der Waals surface area contributed by atoms with E-state index in [1.807, 2.05) is 6.92 Å². The van der Waals surface area contributed by atoms with E-state index in [2.05, 4.69) is 10.2 Å². The molecular formula is C24H23N3O6S. The molecule has 1 amide bonds. The van der Waals surface area contributed by atoms with Crippen molar-refractivity contribution in [3.05, 3.63) is 64.2 Å². The first-order valence-electron chi connectivity index (χ1n) is 10.5. The second-order valence-electron chi connectivity index (χ2n) is 7.34. The normalized spacial score (nSPS) is 17.2. The number of hydrogen-bond donors (Lipinski definition) is 1. The van der Waals surface area contributed by atoms with Gasteiger partial charge in [-0.3, -0.25) is 14.5 Å². The molecule has 0 bridgehead atoms. The van der Waals surface area contributed by atoms with Crippen LogP contribution >= 0.6 is 11.3 Å². The Morgan fingerprint density at radius 3 is 2.35 bits per heavy atom. The molecule has 9 nitrogen and oxygen atoms in total. The number of carbonyl (C=O) groups excluding carboxylic acids is 2. The fraction of sp³-hybridized carbons (Fsp3) is 0.250. The number of rotatable bonds is 7.